The third-order valence-electron chi connectivity index (χ3n) is 5.77. The number of aromatic nitrogens is 2. The Bertz CT molecular complexity index is 1290. The Morgan fingerprint density at radius 2 is 1.94 bits per heavy atom. The van der Waals surface area contributed by atoms with Gasteiger partial charge in [-0.1, -0.05) is 47.5 Å². The lowest BCUT2D eigenvalue weighted by molar-refractivity contribution is 0.103. The van der Waals surface area contributed by atoms with Gasteiger partial charge in [0.1, 0.15) is 17.4 Å². The van der Waals surface area contributed by atoms with Gasteiger partial charge in [0.15, 0.2) is 5.82 Å². The van der Waals surface area contributed by atoms with Gasteiger partial charge >= 0.3 is 0 Å². The van der Waals surface area contributed by atoms with Gasteiger partial charge in [0.05, 0.1) is 11.4 Å². The molecule has 5 rings (SSSR count). The van der Waals surface area contributed by atoms with E-state index in [2.05, 4.69) is 53.7 Å². The lowest BCUT2D eigenvalue weighted by atomic mass is 10.1. The Hall–Kier alpha value is -3.09. The van der Waals surface area contributed by atoms with E-state index in [1.165, 1.54) is 34.4 Å². The van der Waals surface area contributed by atoms with Gasteiger partial charge in [-0.15, -0.1) is 11.3 Å². The average molecular weight is 478 g/mol. The number of amides is 1. The molecule has 33 heavy (non-hydrogen) atoms. The Kier molecular flexibility index (Phi) is 6.20. The van der Waals surface area contributed by atoms with Crippen LogP contribution in [0.1, 0.15) is 43.9 Å². The quantitative estimate of drug-likeness (QED) is 0.341. The number of hydrogen-bond donors (Lipinski definition) is 1. The van der Waals surface area contributed by atoms with Gasteiger partial charge < -0.3 is 10.1 Å². The van der Waals surface area contributed by atoms with E-state index < -0.39 is 0 Å². The monoisotopic (exact) mass is 477 g/mol. The van der Waals surface area contributed by atoms with Crippen LogP contribution in [-0.4, -0.2) is 15.7 Å². The number of halogens is 1. The van der Waals surface area contributed by atoms with Crippen LogP contribution in [0.15, 0.2) is 60.1 Å². The molecule has 2 heterocycles. The van der Waals surface area contributed by atoms with Crippen molar-refractivity contribution in [2.24, 2.45) is 0 Å². The van der Waals surface area contributed by atoms with Crippen molar-refractivity contribution in [1.82, 2.24) is 9.78 Å². The number of thiophene rings is 1. The van der Waals surface area contributed by atoms with E-state index in [-0.39, 0.29) is 5.91 Å². The Balaban J connectivity index is 1.19. The molecule has 7 heteroatoms. The largest absolute Gasteiger partial charge is 0.489 e. The maximum atomic E-state index is 12.7. The Morgan fingerprint density at radius 3 is 2.79 bits per heavy atom. The zero-order chi connectivity index (χ0) is 22.8. The molecule has 0 fully saturated rings. The molecule has 1 aliphatic rings. The normalized spacial score (nSPS) is 12.5. The van der Waals surface area contributed by atoms with Crippen LogP contribution in [0, 0.1) is 6.92 Å². The van der Waals surface area contributed by atoms with E-state index in [9.17, 15) is 4.79 Å². The number of carbonyl (C=O) groups is 1. The van der Waals surface area contributed by atoms with Crippen molar-refractivity contribution in [1.29, 1.82) is 0 Å². The summed E-state index contributed by atoms with van der Waals surface area (Å²) in [4.78, 5) is 13.3. The fourth-order valence-corrected chi connectivity index (χ4v) is 4.98. The summed E-state index contributed by atoms with van der Waals surface area (Å²) in [6, 6.07) is 16.4. The third-order valence-corrected chi connectivity index (χ3v) is 7.02. The maximum absolute atomic E-state index is 12.7. The van der Waals surface area contributed by atoms with Crippen LogP contribution in [-0.2, 0) is 26.0 Å². The second-order valence-electron chi connectivity index (χ2n) is 8.35. The van der Waals surface area contributed by atoms with E-state index in [1.807, 2.05) is 17.5 Å². The molecular formula is C26H24ClN3O2S. The minimum atomic E-state index is -0.230. The van der Waals surface area contributed by atoms with E-state index >= 15 is 0 Å². The smallest absolute Gasteiger partial charge is 0.266 e. The molecule has 2 aromatic heterocycles. The lowest BCUT2D eigenvalue weighted by Crippen LogP contribution is -2.11. The number of carbonyl (C=O) groups excluding carboxylic acids is 1. The van der Waals surface area contributed by atoms with Crippen molar-refractivity contribution < 1.29 is 9.53 Å². The maximum Gasteiger partial charge on any atom is 0.266 e. The summed E-state index contributed by atoms with van der Waals surface area (Å²) in [6.45, 7) is 3.06. The van der Waals surface area contributed by atoms with E-state index in [4.69, 9.17) is 16.3 Å². The van der Waals surface area contributed by atoms with E-state index in [0.717, 1.165) is 29.7 Å². The van der Waals surface area contributed by atoms with Gasteiger partial charge in [-0.05, 0) is 66.5 Å². The summed E-state index contributed by atoms with van der Waals surface area (Å²) in [5.74, 6) is 1.00. The Morgan fingerprint density at radius 1 is 1.12 bits per heavy atom. The highest BCUT2D eigenvalue weighted by Crippen LogP contribution is 2.27. The molecule has 0 radical (unpaired) electrons. The predicted octanol–water partition coefficient (Wildman–Crippen LogP) is 6.27. The fraction of sp³-hybridized carbons (Fsp3) is 0.231. The summed E-state index contributed by atoms with van der Waals surface area (Å²) in [6.07, 6.45) is 5.22. The molecule has 4 aromatic rings. The highest BCUT2D eigenvalue weighted by atomic mass is 35.5. The molecule has 0 atom stereocenters. The number of anilines is 1. The fourth-order valence-electron chi connectivity index (χ4n) is 3.99. The molecule has 1 N–H and O–H groups in total. The molecule has 0 saturated heterocycles. The zero-order valence-electron chi connectivity index (χ0n) is 18.3. The molecule has 2 aromatic carbocycles. The summed E-state index contributed by atoms with van der Waals surface area (Å²) in [5.41, 5.74) is 6.09. The highest BCUT2D eigenvalue weighted by molar-refractivity contribution is 7.12. The number of nitrogens with zero attached hydrogens (tertiary/aromatic N) is 2. The summed E-state index contributed by atoms with van der Waals surface area (Å²) < 4.78 is 7.68. The number of aryl methyl sites for hydroxylation is 3. The van der Waals surface area contributed by atoms with Crippen LogP contribution in [0.4, 0.5) is 5.82 Å². The second kappa shape index (κ2) is 9.41. The number of benzene rings is 2. The Labute approximate surface area is 202 Å². The van der Waals surface area contributed by atoms with Gasteiger partial charge in [-0.3, -0.25) is 9.48 Å². The van der Waals surface area contributed by atoms with Crippen molar-refractivity contribution in [3.63, 3.8) is 0 Å². The van der Waals surface area contributed by atoms with Crippen molar-refractivity contribution in [2.45, 2.75) is 39.3 Å². The van der Waals surface area contributed by atoms with Gasteiger partial charge in [-0.25, -0.2) is 0 Å². The minimum Gasteiger partial charge on any atom is -0.489 e. The van der Waals surface area contributed by atoms with Gasteiger partial charge in [0.25, 0.3) is 5.91 Å². The average Bonchev–Trinajstić information content (AvgIpc) is 3.54. The number of fused-ring (bicyclic) bond motifs is 1. The van der Waals surface area contributed by atoms with Crippen LogP contribution in [0.3, 0.4) is 0 Å². The second-order valence-corrected chi connectivity index (χ2v) is 9.67. The van der Waals surface area contributed by atoms with Crippen LogP contribution in [0.2, 0.25) is 5.02 Å². The zero-order valence-corrected chi connectivity index (χ0v) is 19.9. The first-order valence-electron chi connectivity index (χ1n) is 11.0. The first kappa shape index (κ1) is 21.7. The van der Waals surface area contributed by atoms with Gasteiger partial charge in [0.2, 0.25) is 0 Å². The number of ether oxygens (including phenoxy) is 1. The van der Waals surface area contributed by atoms with Crippen LogP contribution in [0.5, 0.6) is 5.75 Å². The molecular weight excluding hydrogens is 454 g/mol. The first-order valence-corrected chi connectivity index (χ1v) is 12.2. The number of rotatable bonds is 7. The molecule has 0 aliphatic heterocycles. The molecule has 1 amide bonds. The van der Waals surface area contributed by atoms with E-state index in [1.54, 1.807) is 10.9 Å². The highest BCUT2D eigenvalue weighted by Gasteiger charge is 2.15. The SMILES string of the molecule is Cc1ccc(Cn2cc(Cl)c(NC(=O)c3cc(COc4ccc5c(c4)CCC5)cs3)n2)cc1. The standard InChI is InChI=1S/C26H24ClN3O2S/c1-17-5-7-18(8-6-17)13-30-14-23(27)25(29-30)28-26(31)24-11-19(16-33-24)15-32-22-10-9-20-3-2-4-21(20)12-22/h5-12,14,16H,2-4,13,15H2,1H3,(H,28,29,31). The molecule has 5 nitrogen and oxygen atoms in total. The predicted molar refractivity (Wildman–Crippen MR) is 133 cm³/mol. The first-order chi connectivity index (χ1) is 16.0. The van der Waals surface area contributed by atoms with Crippen LogP contribution < -0.4 is 10.1 Å². The summed E-state index contributed by atoms with van der Waals surface area (Å²) in [7, 11) is 0. The lowest BCUT2D eigenvalue weighted by Gasteiger charge is -2.07. The van der Waals surface area contributed by atoms with Crippen LogP contribution in [0.25, 0.3) is 0 Å². The van der Waals surface area contributed by atoms with E-state index in [0.29, 0.717) is 28.9 Å². The van der Waals surface area contributed by atoms with Crippen molar-refractivity contribution in [2.75, 3.05) is 5.32 Å². The van der Waals surface area contributed by atoms with Crippen LogP contribution >= 0.6 is 22.9 Å². The number of nitrogens with one attached hydrogen (secondary N) is 1. The van der Waals surface area contributed by atoms with Crippen molar-refractivity contribution in [3.8, 4) is 5.75 Å². The van der Waals surface area contributed by atoms with Crippen molar-refractivity contribution >= 4 is 34.7 Å². The molecule has 1 aliphatic carbocycles. The third kappa shape index (κ3) is 5.13. The van der Waals surface area contributed by atoms with Gasteiger partial charge in [0, 0.05) is 11.8 Å². The molecule has 0 bridgehead atoms. The molecule has 0 spiro atoms. The van der Waals surface area contributed by atoms with Gasteiger partial charge in [-0.2, -0.15) is 5.10 Å². The number of hydrogen-bond acceptors (Lipinski definition) is 4. The molecule has 0 saturated carbocycles. The minimum absolute atomic E-state index is 0.230. The summed E-state index contributed by atoms with van der Waals surface area (Å²) in [5, 5.41) is 9.61. The molecule has 0 unspecified atom stereocenters. The summed E-state index contributed by atoms with van der Waals surface area (Å²) >= 11 is 7.70. The van der Waals surface area contributed by atoms with Crippen molar-refractivity contribution in [3.05, 3.63) is 97.8 Å². The molecule has 168 valence electrons. The topological polar surface area (TPSA) is 56.2 Å².